The van der Waals surface area contributed by atoms with Gasteiger partial charge in [-0.1, -0.05) is 36.4 Å². The van der Waals surface area contributed by atoms with E-state index in [1.165, 1.54) is 0 Å². The summed E-state index contributed by atoms with van der Waals surface area (Å²) >= 11 is 1.02. The molecule has 0 unspecified atom stereocenters. The number of amides is 1. The minimum Gasteiger partial charge on any atom is -0.481 e. The van der Waals surface area contributed by atoms with Crippen molar-refractivity contribution in [2.24, 2.45) is 4.99 Å². The molecule has 1 amide bonds. The summed E-state index contributed by atoms with van der Waals surface area (Å²) in [4.78, 5) is 26.7. The Morgan fingerprint density at radius 2 is 1.72 bits per heavy atom. The summed E-state index contributed by atoms with van der Waals surface area (Å²) in [5.74, 6) is -1.46. The van der Waals surface area contributed by atoms with Gasteiger partial charge in [0.05, 0.1) is 5.69 Å². The van der Waals surface area contributed by atoms with Crippen LogP contribution in [0.1, 0.15) is 6.42 Å². The largest absolute Gasteiger partial charge is 0.481 e. The van der Waals surface area contributed by atoms with Gasteiger partial charge in [0, 0.05) is 17.2 Å². The quantitative estimate of drug-likeness (QED) is 0.687. The van der Waals surface area contributed by atoms with Crippen LogP contribution < -0.4 is 10.1 Å². The van der Waals surface area contributed by atoms with Gasteiger partial charge in [-0.15, -0.1) is 0 Å². The molecule has 0 aliphatic heterocycles. The van der Waals surface area contributed by atoms with Gasteiger partial charge in [-0.05, 0) is 24.3 Å². The normalized spacial score (nSPS) is 11.3. The van der Waals surface area contributed by atoms with E-state index in [-0.39, 0.29) is 0 Å². The summed E-state index contributed by atoms with van der Waals surface area (Å²) in [5, 5.41) is 11.9. The predicted molar refractivity (Wildman–Crippen MR) is 94.0 cm³/mol. The zero-order valence-electron chi connectivity index (χ0n) is 13.0. The maximum absolute atomic E-state index is 11.8. The Hall–Kier alpha value is -3.26. The highest BCUT2D eigenvalue weighted by Gasteiger charge is 2.12. The molecule has 0 fully saturated rings. The number of hydrogen-bond acceptors (Lipinski definition) is 5. The molecule has 3 rings (SSSR count). The molecular formula is C17H14N4O3S. The smallest absolute Gasteiger partial charge is 0.312 e. The molecule has 0 bridgehead atoms. The lowest BCUT2D eigenvalue weighted by molar-refractivity contribution is -0.139. The van der Waals surface area contributed by atoms with Crippen molar-refractivity contribution in [3.05, 3.63) is 65.5 Å². The van der Waals surface area contributed by atoms with Gasteiger partial charge in [0.1, 0.15) is 6.42 Å². The molecule has 0 aliphatic carbocycles. The van der Waals surface area contributed by atoms with Crippen LogP contribution in [0.4, 0.5) is 11.6 Å². The number of benzene rings is 2. The summed E-state index contributed by atoms with van der Waals surface area (Å²) in [7, 11) is 0. The first-order chi connectivity index (χ1) is 12.1. The predicted octanol–water partition coefficient (Wildman–Crippen LogP) is 2.58. The van der Waals surface area contributed by atoms with Crippen molar-refractivity contribution in [1.29, 1.82) is 0 Å². The number of rotatable bonds is 5. The third-order valence-corrected chi connectivity index (χ3v) is 3.89. The average Bonchev–Trinajstić information content (AvgIpc) is 2.98. The van der Waals surface area contributed by atoms with Crippen LogP contribution >= 0.6 is 11.5 Å². The van der Waals surface area contributed by atoms with Crippen molar-refractivity contribution in [3.63, 3.8) is 0 Å². The highest BCUT2D eigenvalue weighted by Crippen LogP contribution is 2.17. The zero-order chi connectivity index (χ0) is 17.6. The first-order valence-electron chi connectivity index (χ1n) is 7.39. The summed E-state index contributed by atoms with van der Waals surface area (Å²) in [6.45, 7) is 0. The van der Waals surface area contributed by atoms with E-state index in [0.717, 1.165) is 22.9 Å². The van der Waals surface area contributed by atoms with Crippen molar-refractivity contribution in [3.8, 4) is 5.69 Å². The molecule has 0 saturated carbocycles. The van der Waals surface area contributed by atoms with Crippen LogP contribution in [0.3, 0.4) is 0 Å². The van der Waals surface area contributed by atoms with Gasteiger partial charge in [0.2, 0.25) is 10.7 Å². The third-order valence-electron chi connectivity index (χ3n) is 3.18. The zero-order valence-corrected chi connectivity index (χ0v) is 13.8. The molecule has 3 aromatic rings. The van der Waals surface area contributed by atoms with Gasteiger partial charge in [-0.3, -0.25) is 14.2 Å². The lowest BCUT2D eigenvalue weighted by Crippen LogP contribution is -2.18. The number of nitrogens with one attached hydrogen (secondary N) is 1. The Bertz CT molecular complexity index is 949. The number of aromatic nitrogens is 2. The molecule has 25 heavy (non-hydrogen) atoms. The molecule has 0 radical (unpaired) electrons. The number of anilines is 2. The molecule has 8 heteroatoms. The molecule has 0 spiro atoms. The number of carbonyl (C=O) groups excluding carboxylic acids is 1. The van der Waals surface area contributed by atoms with Crippen LogP contribution in [-0.4, -0.2) is 25.9 Å². The number of carboxylic acid groups (broad SMARTS) is 1. The van der Waals surface area contributed by atoms with E-state index in [9.17, 15) is 9.59 Å². The van der Waals surface area contributed by atoms with Gasteiger partial charge in [0.25, 0.3) is 5.91 Å². The Kier molecular flexibility index (Phi) is 5.00. The van der Waals surface area contributed by atoms with Crippen LogP contribution in [0.2, 0.25) is 0 Å². The fourth-order valence-electron chi connectivity index (χ4n) is 2.14. The van der Waals surface area contributed by atoms with E-state index in [2.05, 4.69) is 14.7 Å². The van der Waals surface area contributed by atoms with Crippen LogP contribution in [0.25, 0.3) is 5.69 Å². The van der Waals surface area contributed by atoms with Crippen molar-refractivity contribution in [2.45, 2.75) is 6.42 Å². The Morgan fingerprint density at radius 3 is 2.36 bits per heavy atom. The second-order valence-corrected chi connectivity index (χ2v) is 5.76. The van der Waals surface area contributed by atoms with E-state index in [1.807, 2.05) is 60.7 Å². The monoisotopic (exact) mass is 354 g/mol. The summed E-state index contributed by atoms with van der Waals surface area (Å²) < 4.78 is 6.00. The van der Waals surface area contributed by atoms with Crippen molar-refractivity contribution < 1.29 is 14.7 Å². The second kappa shape index (κ2) is 7.54. The SMILES string of the molecule is O=C(O)CC(=O)N=c1snc(Nc2ccccc2)n1-c1ccccc1. The third kappa shape index (κ3) is 4.18. The molecule has 0 saturated heterocycles. The Morgan fingerprint density at radius 1 is 1.08 bits per heavy atom. The van der Waals surface area contributed by atoms with Crippen molar-refractivity contribution >= 4 is 35.0 Å². The second-order valence-electron chi connectivity index (χ2n) is 5.03. The summed E-state index contributed by atoms with van der Waals surface area (Å²) in [5.41, 5.74) is 1.59. The van der Waals surface area contributed by atoms with Crippen LogP contribution in [-0.2, 0) is 9.59 Å². The average molecular weight is 354 g/mol. The van der Waals surface area contributed by atoms with Crippen molar-refractivity contribution in [1.82, 2.24) is 8.94 Å². The van der Waals surface area contributed by atoms with Gasteiger partial charge < -0.3 is 10.4 Å². The minimum atomic E-state index is -1.22. The van der Waals surface area contributed by atoms with E-state index in [1.54, 1.807) is 4.57 Å². The molecule has 126 valence electrons. The number of carbonyl (C=O) groups is 2. The van der Waals surface area contributed by atoms with E-state index in [4.69, 9.17) is 5.11 Å². The van der Waals surface area contributed by atoms with Gasteiger partial charge in [-0.25, -0.2) is 0 Å². The van der Waals surface area contributed by atoms with Crippen LogP contribution in [0, 0.1) is 0 Å². The van der Waals surface area contributed by atoms with E-state index >= 15 is 0 Å². The van der Waals surface area contributed by atoms with Crippen molar-refractivity contribution in [2.75, 3.05) is 5.32 Å². The fraction of sp³-hybridized carbons (Fsp3) is 0.0588. The summed E-state index contributed by atoms with van der Waals surface area (Å²) in [6.07, 6.45) is -0.659. The lowest BCUT2D eigenvalue weighted by atomic mass is 10.3. The molecule has 2 aromatic carbocycles. The Balaban J connectivity index is 2.06. The van der Waals surface area contributed by atoms with E-state index < -0.39 is 18.3 Å². The van der Waals surface area contributed by atoms with Gasteiger partial charge in [0.15, 0.2) is 0 Å². The van der Waals surface area contributed by atoms with Gasteiger partial charge in [-0.2, -0.15) is 9.37 Å². The van der Waals surface area contributed by atoms with Gasteiger partial charge >= 0.3 is 5.97 Å². The maximum Gasteiger partial charge on any atom is 0.312 e. The molecule has 7 nitrogen and oxygen atoms in total. The van der Waals surface area contributed by atoms with Crippen LogP contribution in [0.5, 0.6) is 0 Å². The number of para-hydroxylation sites is 2. The molecule has 2 N–H and O–H groups in total. The molecular weight excluding hydrogens is 340 g/mol. The van der Waals surface area contributed by atoms with E-state index in [0.29, 0.717) is 10.7 Å². The lowest BCUT2D eigenvalue weighted by Gasteiger charge is -2.09. The molecule has 1 heterocycles. The highest BCUT2D eigenvalue weighted by molar-refractivity contribution is 7.03. The number of nitrogens with zero attached hydrogens (tertiary/aromatic N) is 3. The Labute approximate surface area is 147 Å². The molecule has 1 aromatic heterocycles. The summed E-state index contributed by atoms with van der Waals surface area (Å²) in [6, 6.07) is 18.8. The minimum absolute atomic E-state index is 0.302. The fourth-order valence-corrected chi connectivity index (χ4v) is 2.85. The first-order valence-corrected chi connectivity index (χ1v) is 8.16. The molecule has 0 aliphatic rings. The first kappa shape index (κ1) is 16.6. The number of carboxylic acids is 1. The van der Waals surface area contributed by atoms with Crippen LogP contribution in [0.15, 0.2) is 65.7 Å². The maximum atomic E-state index is 11.8. The topological polar surface area (TPSA) is 96.6 Å². The number of hydrogen-bond donors (Lipinski definition) is 2. The molecule has 0 atom stereocenters. The number of aliphatic carboxylic acids is 1. The highest BCUT2D eigenvalue weighted by atomic mass is 32.1. The standard InChI is InChI=1S/C17H14N4O3S/c22-14(11-15(23)24)19-17-21(13-9-5-2-6-10-13)16(20-25-17)18-12-7-3-1-4-8-12/h1-10H,11H2,(H,18,20)(H,23,24).